The van der Waals surface area contributed by atoms with Crippen LogP contribution in [0.2, 0.25) is 0 Å². The Morgan fingerprint density at radius 1 is 1.29 bits per heavy atom. The van der Waals surface area contributed by atoms with Crippen LogP contribution >= 0.6 is 0 Å². The van der Waals surface area contributed by atoms with E-state index in [-0.39, 0.29) is 0 Å². The van der Waals surface area contributed by atoms with Gasteiger partial charge in [-0.3, -0.25) is 0 Å². The van der Waals surface area contributed by atoms with Crippen molar-refractivity contribution in [1.29, 1.82) is 0 Å². The fourth-order valence-electron chi connectivity index (χ4n) is 3.22. The number of benzene rings is 1. The highest BCUT2D eigenvalue weighted by Crippen LogP contribution is 2.38. The summed E-state index contributed by atoms with van der Waals surface area (Å²) in [6.07, 6.45) is 3.88. The predicted octanol–water partition coefficient (Wildman–Crippen LogP) is 3.91. The third-order valence-corrected chi connectivity index (χ3v) is 4.86. The lowest BCUT2D eigenvalue weighted by Gasteiger charge is -2.13. The van der Waals surface area contributed by atoms with Crippen molar-refractivity contribution in [2.75, 3.05) is 20.3 Å². The summed E-state index contributed by atoms with van der Waals surface area (Å²) in [5, 5.41) is 0. The monoisotopic (exact) mass is 381 g/mol. The molecule has 1 fully saturated rings. The molecular weight excluding hydrogens is 358 g/mol. The van der Waals surface area contributed by atoms with Gasteiger partial charge in [-0.15, -0.1) is 0 Å². The number of carbonyl (C=O) groups excluding carboxylic acids is 1. The molecule has 4 rings (SSSR count). The maximum absolute atomic E-state index is 12.4. The number of H-pyrrole nitrogens is 1. The van der Waals surface area contributed by atoms with Crippen molar-refractivity contribution in [1.82, 2.24) is 15.0 Å². The standard InChI is InChI=1S/C21H23N3O4/c1-4-27-21(25)17-12(2)24-20-18(22-11-23-19(17)20)15-9-14(26-3)7-8-16(15)28-10-13-5-6-13/h7-9,11,13,24H,4-6,10H2,1-3H3. The van der Waals surface area contributed by atoms with Crippen molar-refractivity contribution in [2.45, 2.75) is 26.7 Å². The zero-order valence-corrected chi connectivity index (χ0v) is 16.2. The maximum atomic E-state index is 12.4. The first-order chi connectivity index (χ1) is 13.6. The number of ether oxygens (including phenoxy) is 3. The van der Waals surface area contributed by atoms with E-state index in [1.54, 1.807) is 14.0 Å². The Labute approximate surface area is 163 Å². The van der Waals surface area contributed by atoms with Gasteiger partial charge < -0.3 is 19.2 Å². The van der Waals surface area contributed by atoms with Crippen LogP contribution in [0, 0.1) is 12.8 Å². The molecule has 7 heteroatoms. The van der Waals surface area contributed by atoms with Crippen LogP contribution in [-0.4, -0.2) is 41.2 Å². The summed E-state index contributed by atoms with van der Waals surface area (Å²) >= 11 is 0. The lowest BCUT2D eigenvalue weighted by atomic mass is 10.1. The number of esters is 1. The Balaban J connectivity index is 1.84. The van der Waals surface area contributed by atoms with Crippen LogP contribution in [0.3, 0.4) is 0 Å². The van der Waals surface area contributed by atoms with E-state index in [9.17, 15) is 4.79 Å². The van der Waals surface area contributed by atoms with Crippen molar-refractivity contribution in [3.05, 3.63) is 35.8 Å². The predicted molar refractivity (Wildman–Crippen MR) is 105 cm³/mol. The molecule has 3 aromatic rings. The molecular formula is C21H23N3O4. The Kier molecular flexibility index (Phi) is 4.90. The number of methoxy groups -OCH3 is 1. The van der Waals surface area contributed by atoms with E-state index in [2.05, 4.69) is 15.0 Å². The first-order valence-electron chi connectivity index (χ1n) is 9.44. The van der Waals surface area contributed by atoms with E-state index >= 15 is 0 Å². The van der Waals surface area contributed by atoms with Crippen LogP contribution in [0.25, 0.3) is 22.3 Å². The lowest BCUT2D eigenvalue weighted by molar-refractivity contribution is 0.0527. The average molecular weight is 381 g/mol. The second-order valence-corrected chi connectivity index (χ2v) is 6.91. The van der Waals surface area contributed by atoms with Crippen molar-refractivity contribution in [3.63, 3.8) is 0 Å². The van der Waals surface area contributed by atoms with E-state index in [1.165, 1.54) is 19.2 Å². The van der Waals surface area contributed by atoms with Crippen LogP contribution < -0.4 is 9.47 Å². The number of nitrogens with zero attached hydrogens (tertiary/aromatic N) is 2. The number of carbonyl (C=O) groups is 1. The van der Waals surface area contributed by atoms with Gasteiger partial charge in [-0.25, -0.2) is 14.8 Å². The normalized spacial score (nSPS) is 13.5. The van der Waals surface area contributed by atoms with Crippen LogP contribution in [0.5, 0.6) is 11.5 Å². The summed E-state index contributed by atoms with van der Waals surface area (Å²) < 4.78 is 16.7. The third-order valence-electron chi connectivity index (χ3n) is 4.86. The fraction of sp³-hybridized carbons (Fsp3) is 0.381. The molecule has 1 saturated carbocycles. The number of fused-ring (bicyclic) bond motifs is 1. The summed E-state index contributed by atoms with van der Waals surface area (Å²) in [5.41, 5.74) is 3.80. The van der Waals surface area contributed by atoms with Crippen LogP contribution in [-0.2, 0) is 4.74 Å². The second kappa shape index (κ2) is 7.50. The molecule has 28 heavy (non-hydrogen) atoms. The summed E-state index contributed by atoms with van der Waals surface area (Å²) in [4.78, 5) is 24.5. The molecule has 0 saturated heterocycles. The highest BCUT2D eigenvalue weighted by Gasteiger charge is 2.25. The molecule has 1 aromatic carbocycles. The van der Waals surface area contributed by atoms with Crippen LogP contribution in [0.1, 0.15) is 35.8 Å². The molecule has 146 valence electrons. The van der Waals surface area contributed by atoms with Gasteiger partial charge >= 0.3 is 5.97 Å². The number of aromatic amines is 1. The summed E-state index contributed by atoms with van der Waals surface area (Å²) in [5.74, 6) is 1.67. The molecule has 7 nitrogen and oxygen atoms in total. The highest BCUT2D eigenvalue weighted by atomic mass is 16.5. The van der Waals surface area contributed by atoms with Crippen LogP contribution in [0.15, 0.2) is 24.5 Å². The molecule has 2 aromatic heterocycles. The highest BCUT2D eigenvalue weighted by molar-refractivity contribution is 6.07. The topological polar surface area (TPSA) is 86.3 Å². The Bertz CT molecular complexity index is 1020. The molecule has 1 aliphatic rings. The molecule has 0 unspecified atom stereocenters. The zero-order valence-electron chi connectivity index (χ0n) is 16.2. The number of nitrogens with one attached hydrogen (secondary N) is 1. The molecule has 0 radical (unpaired) electrons. The van der Waals surface area contributed by atoms with Gasteiger partial charge in [0.2, 0.25) is 0 Å². The first-order valence-corrected chi connectivity index (χ1v) is 9.44. The van der Waals surface area contributed by atoms with E-state index in [0.29, 0.717) is 52.9 Å². The molecule has 2 heterocycles. The molecule has 0 atom stereocenters. The lowest BCUT2D eigenvalue weighted by Crippen LogP contribution is -2.06. The Morgan fingerprint density at radius 3 is 2.82 bits per heavy atom. The van der Waals surface area contributed by atoms with E-state index < -0.39 is 5.97 Å². The first kappa shape index (κ1) is 18.3. The van der Waals surface area contributed by atoms with E-state index in [0.717, 1.165) is 11.3 Å². The van der Waals surface area contributed by atoms with Gasteiger partial charge in [-0.1, -0.05) is 0 Å². The Morgan fingerprint density at radius 2 is 2.11 bits per heavy atom. The number of aromatic nitrogens is 3. The Hall–Kier alpha value is -3.09. The van der Waals surface area contributed by atoms with Gasteiger partial charge in [-0.2, -0.15) is 0 Å². The molecule has 0 aliphatic heterocycles. The summed E-state index contributed by atoms with van der Waals surface area (Å²) in [6.45, 7) is 4.60. The number of aryl methyl sites for hydroxylation is 1. The second-order valence-electron chi connectivity index (χ2n) is 6.91. The zero-order chi connectivity index (χ0) is 19.7. The van der Waals surface area contributed by atoms with Crippen molar-refractivity contribution < 1.29 is 19.0 Å². The molecule has 1 N–H and O–H groups in total. The van der Waals surface area contributed by atoms with Crippen molar-refractivity contribution in [2.24, 2.45) is 5.92 Å². The summed E-state index contributed by atoms with van der Waals surface area (Å²) in [7, 11) is 1.62. The molecule has 0 amide bonds. The smallest absolute Gasteiger partial charge is 0.342 e. The molecule has 0 bridgehead atoms. The number of rotatable bonds is 7. The number of hydrogen-bond donors (Lipinski definition) is 1. The van der Waals surface area contributed by atoms with Crippen molar-refractivity contribution >= 4 is 17.0 Å². The minimum Gasteiger partial charge on any atom is -0.497 e. The average Bonchev–Trinajstić information content (AvgIpc) is 3.46. The molecule has 0 spiro atoms. The quantitative estimate of drug-likeness (QED) is 0.625. The largest absolute Gasteiger partial charge is 0.497 e. The van der Waals surface area contributed by atoms with Gasteiger partial charge in [0.15, 0.2) is 0 Å². The fourth-order valence-corrected chi connectivity index (χ4v) is 3.22. The van der Waals surface area contributed by atoms with Crippen molar-refractivity contribution in [3.8, 4) is 22.8 Å². The SMILES string of the molecule is CCOC(=O)c1c(C)[nH]c2c(-c3cc(OC)ccc3OCC3CC3)ncnc12. The molecule has 1 aliphatic carbocycles. The van der Waals surface area contributed by atoms with Gasteiger partial charge in [0.05, 0.1) is 25.8 Å². The van der Waals surface area contributed by atoms with Gasteiger partial charge in [0.1, 0.15) is 34.6 Å². The minimum absolute atomic E-state index is 0.303. The van der Waals surface area contributed by atoms with Gasteiger partial charge in [-0.05, 0) is 50.8 Å². The number of hydrogen-bond acceptors (Lipinski definition) is 6. The van der Waals surface area contributed by atoms with Gasteiger partial charge in [0, 0.05) is 11.3 Å². The van der Waals surface area contributed by atoms with E-state index in [1.807, 2.05) is 25.1 Å². The maximum Gasteiger partial charge on any atom is 0.342 e. The summed E-state index contributed by atoms with van der Waals surface area (Å²) in [6, 6.07) is 5.66. The van der Waals surface area contributed by atoms with Crippen LogP contribution in [0.4, 0.5) is 0 Å². The minimum atomic E-state index is -0.397. The van der Waals surface area contributed by atoms with E-state index in [4.69, 9.17) is 14.2 Å². The van der Waals surface area contributed by atoms with Gasteiger partial charge in [0.25, 0.3) is 0 Å². The third kappa shape index (κ3) is 3.40.